The van der Waals surface area contributed by atoms with Gasteiger partial charge in [0.25, 0.3) is 6.43 Å². The van der Waals surface area contributed by atoms with Gasteiger partial charge in [-0.2, -0.15) is 0 Å². The first-order valence-corrected chi connectivity index (χ1v) is 4.11. The van der Waals surface area contributed by atoms with Crippen molar-refractivity contribution in [3.8, 4) is 5.75 Å². The highest BCUT2D eigenvalue weighted by atomic mass is 19.4. The minimum Gasteiger partial charge on any atom is -0.405 e. The Labute approximate surface area is 87.3 Å². The number of hydrogen-bond acceptors (Lipinski definition) is 2. The number of alkyl halides is 5. The zero-order chi connectivity index (χ0) is 12.3. The fourth-order valence-corrected chi connectivity index (χ4v) is 1.06. The van der Waals surface area contributed by atoms with Gasteiger partial charge in [0.05, 0.1) is 6.61 Å². The average molecular weight is 242 g/mol. The Balaban J connectivity index is 3.07. The molecule has 0 aromatic heterocycles. The standard InChI is InChI=1S/C9H7F5O2/c10-8(11)5-1-2-6(4-15)7(3-5)16-9(12,13)14/h1-3,8,15H,4H2. The van der Waals surface area contributed by atoms with Crippen molar-refractivity contribution in [3.05, 3.63) is 29.3 Å². The first kappa shape index (κ1) is 12.7. The molecule has 0 fully saturated rings. The van der Waals surface area contributed by atoms with Crippen LogP contribution in [0.4, 0.5) is 22.0 Å². The number of ether oxygens (including phenoxy) is 1. The Bertz CT molecular complexity index is 361. The summed E-state index contributed by atoms with van der Waals surface area (Å²) in [7, 11) is 0. The van der Waals surface area contributed by atoms with Gasteiger partial charge in [0.1, 0.15) is 5.75 Å². The highest BCUT2D eigenvalue weighted by Crippen LogP contribution is 2.30. The van der Waals surface area contributed by atoms with Crippen LogP contribution in [0, 0.1) is 0 Å². The average Bonchev–Trinajstić information content (AvgIpc) is 2.15. The second kappa shape index (κ2) is 4.65. The molecule has 0 aliphatic heterocycles. The van der Waals surface area contributed by atoms with Gasteiger partial charge in [-0.15, -0.1) is 13.2 Å². The van der Waals surface area contributed by atoms with Gasteiger partial charge in [-0.1, -0.05) is 12.1 Å². The van der Waals surface area contributed by atoms with Crippen LogP contribution in [0.15, 0.2) is 18.2 Å². The smallest absolute Gasteiger partial charge is 0.405 e. The Kier molecular flexibility index (Phi) is 3.69. The molecule has 1 rings (SSSR count). The monoisotopic (exact) mass is 242 g/mol. The minimum absolute atomic E-state index is 0.207. The molecule has 1 aromatic carbocycles. The molecule has 90 valence electrons. The summed E-state index contributed by atoms with van der Waals surface area (Å²) in [6, 6.07) is 2.45. The first-order valence-electron chi connectivity index (χ1n) is 4.11. The van der Waals surface area contributed by atoms with Crippen LogP contribution >= 0.6 is 0 Å². The minimum atomic E-state index is -4.98. The van der Waals surface area contributed by atoms with Crippen molar-refractivity contribution in [1.82, 2.24) is 0 Å². The van der Waals surface area contributed by atoms with Crippen LogP contribution in [0.1, 0.15) is 17.6 Å². The largest absolute Gasteiger partial charge is 0.573 e. The molecule has 0 saturated heterocycles. The van der Waals surface area contributed by atoms with E-state index in [2.05, 4.69) is 4.74 Å². The lowest BCUT2D eigenvalue weighted by molar-refractivity contribution is -0.275. The number of aliphatic hydroxyl groups excluding tert-OH is 1. The van der Waals surface area contributed by atoms with Crippen molar-refractivity contribution in [2.24, 2.45) is 0 Å². The molecule has 0 aliphatic rings. The number of hydrogen-bond donors (Lipinski definition) is 1. The molecule has 0 aliphatic carbocycles. The zero-order valence-corrected chi connectivity index (χ0v) is 7.76. The van der Waals surface area contributed by atoms with Gasteiger partial charge < -0.3 is 9.84 Å². The summed E-state index contributed by atoms with van der Waals surface area (Å²) in [5.74, 6) is -0.812. The van der Waals surface area contributed by atoms with E-state index in [1.807, 2.05) is 0 Å². The van der Waals surface area contributed by atoms with Gasteiger partial charge in [0.2, 0.25) is 0 Å². The topological polar surface area (TPSA) is 29.5 Å². The van der Waals surface area contributed by atoms with Crippen molar-refractivity contribution in [2.75, 3.05) is 0 Å². The molecular formula is C9H7F5O2. The molecule has 0 atom stereocenters. The van der Waals surface area contributed by atoms with E-state index < -0.39 is 30.7 Å². The molecule has 0 amide bonds. The van der Waals surface area contributed by atoms with Crippen LogP contribution in [-0.2, 0) is 6.61 Å². The molecule has 0 radical (unpaired) electrons. The molecule has 0 heterocycles. The third-order valence-corrected chi connectivity index (χ3v) is 1.74. The lowest BCUT2D eigenvalue weighted by Gasteiger charge is -2.13. The van der Waals surface area contributed by atoms with Crippen LogP contribution in [0.25, 0.3) is 0 Å². The molecular weight excluding hydrogens is 235 g/mol. The van der Waals surface area contributed by atoms with Gasteiger partial charge in [-0.25, -0.2) is 8.78 Å². The fourth-order valence-electron chi connectivity index (χ4n) is 1.06. The van der Waals surface area contributed by atoms with E-state index in [0.717, 1.165) is 12.1 Å². The van der Waals surface area contributed by atoms with Crippen LogP contribution in [0.3, 0.4) is 0 Å². The fraction of sp³-hybridized carbons (Fsp3) is 0.333. The zero-order valence-electron chi connectivity index (χ0n) is 7.76. The molecule has 16 heavy (non-hydrogen) atoms. The van der Waals surface area contributed by atoms with Crippen LogP contribution < -0.4 is 4.74 Å². The van der Waals surface area contributed by atoms with Gasteiger partial charge in [-0.05, 0) is 6.07 Å². The molecule has 0 unspecified atom stereocenters. The number of aliphatic hydroxyl groups is 1. The van der Waals surface area contributed by atoms with E-state index >= 15 is 0 Å². The van der Waals surface area contributed by atoms with Crippen molar-refractivity contribution in [3.63, 3.8) is 0 Å². The summed E-state index contributed by atoms with van der Waals surface area (Å²) < 4.78 is 63.7. The third-order valence-electron chi connectivity index (χ3n) is 1.74. The molecule has 0 spiro atoms. The number of benzene rings is 1. The van der Waals surface area contributed by atoms with Crippen molar-refractivity contribution in [2.45, 2.75) is 19.4 Å². The summed E-state index contributed by atoms with van der Waals surface area (Å²) in [4.78, 5) is 0. The quantitative estimate of drug-likeness (QED) is 0.825. The predicted octanol–water partition coefficient (Wildman–Crippen LogP) is 3.02. The van der Waals surface area contributed by atoms with Crippen LogP contribution in [0.2, 0.25) is 0 Å². The Morgan fingerprint density at radius 3 is 2.31 bits per heavy atom. The highest BCUT2D eigenvalue weighted by molar-refractivity contribution is 5.37. The van der Waals surface area contributed by atoms with E-state index in [1.165, 1.54) is 0 Å². The van der Waals surface area contributed by atoms with E-state index in [1.54, 1.807) is 0 Å². The maximum atomic E-state index is 12.2. The van der Waals surface area contributed by atoms with Crippen molar-refractivity contribution < 1.29 is 31.8 Å². The van der Waals surface area contributed by atoms with E-state index in [-0.39, 0.29) is 5.56 Å². The first-order chi connectivity index (χ1) is 7.33. The lowest BCUT2D eigenvalue weighted by atomic mass is 10.1. The second-order valence-corrected chi connectivity index (χ2v) is 2.87. The summed E-state index contributed by atoms with van der Waals surface area (Å²) in [6.45, 7) is -0.727. The summed E-state index contributed by atoms with van der Waals surface area (Å²) >= 11 is 0. The van der Waals surface area contributed by atoms with Crippen molar-refractivity contribution >= 4 is 0 Å². The molecule has 1 aromatic rings. The molecule has 2 nitrogen and oxygen atoms in total. The molecule has 0 bridgehead atoms. The Morgan fingerprint density at radius 1 is 1.25 bits per heavy atom. The predicted molar refractivity (Wildman–Crippen MR) is 44.0 cm³/mol. The Morgan fingerprint density at radius 2 is 1.88 bits per heavy atom. The van der Waals surface area contributed by atoms with E-state index in [4.69, 9.17) is 5.11 Å². The Hall–Kier alpha value is -1.37. The highest BCUT2D eigenvalue weighted by Gasteiger charge is 2.32. The number of halogens is 5. The van der Waals surface area contributed by atoms with Gasteiger partial charge in [-0.3, -0.25) is 0 Å². The summed E-state index contributed by atoms with van der Waals surface area (Å²) in [6.07, 6.45) is -7.88. The van der Waals surface area contributed by atoms with E-state index in [0.29, 0.717) is 6.07 Å². The van der Waals surface area contributed by atoms with E-state index in [9.17, 15) is 22.0 Å². The van der Waals surface area contributed by atoms with Gasteiger partial charge in [0.15, 0.2) is 0 Å². The summed E-state index contributed by atoms with van der Waals surface area (Å²) in [5, 5.41) is 8.71. The third kappa shape index (κ3) is 3.34. The summed E-state index contributed by atoms with van der Waals surface area (Å²) in [5.41, 5.74) is -0.807. The second-order valence-electron chi connectivity index (χ2n) is 2.87. The number of rotatable bonds is 3. The van der Waals surface area contributed by atoms with Gasteiger partial charge in [0, 0.05) is 11.1 Å². The molecule has 7 heteroatoms. The van der Waals surface area contributed by atoms with Crippen LogP contribution in [-0.4, -0.2) is 11.5 Å². The van der Waals surface area contributed by atoms with Crippen molar-refractivity contribution in [1.29, 1.82) is 0 Å². The maximum Gasteiger partial charge on any atom is 0.573 e. The molecule has 1 N–H and O–H groups in total. The SMILES string of the molecule is OCc1ccc(C(F)F)cc1OC(F)(F)F. The lowest BCUT2D eigenvalue weighted by Crippen LogP contribution is -2.18. The van der Waals surface area contributed by atoms with Crippen LogP contribution in [0.5, 0.6) is 5.75 Å². The van der Waals surface area contributed by atoms with Gasteiger partial charge >= 0.3 is 6.36 Å². The normalized spacial score (nSPS) is 11.9. The maximum absolute atomic E-state index is 12.2. The molecule has 0 saturated carbocycles.